The number of aliphatic hydroxyl groups is 1. The van der Waals surface area contributed by atoms with Gasteiger partial charge in [-0.05, 0) is 38.9 Å². The Balaban J connectivity index is 2.32. The monoisotopic (exact) mass is 205 g/mol. The maximum Gasteiger partial charge on any atom is 0.105 e. The lowest BCUT2D eigenvalue weighted by atomic mass is 9.80. The molecule has 1 aliphatic rings. The smallest absolute Gasteiger partial charge is 0.105 e. The lowest BCUT2D eigenvalue weighted by Crippen LogP contribution is -2.51. The molecule has 1 aromatic rings. The van der Waals surface area contributed by atoms with Crippen molar-refractivity contribution >= 4 is 0 Å². The molecule has 1 fully saturated rings. The van der Waals surface area contributed by atoms with E-state index in [1.54, 1.807) is 0 Å². The van der Waals surface area contributed by atoms with E-state index in [-0.39, 0.29) is 6.04 Å². The van der Waals surface area contributed by atoms with E-state index in [0.29, 0.717) is 0 Å². The Hall–Kier alpha value is -0.860. The Morgan fingerprint density at radius 3 is 2.67 bits per heavy atom. The Kier molecular flexibility index (Phi) is 2.81. The molecule has 1 aliphatic heterocycles. The van der Waals surface area contributed by atoms with Crippen molar-refractivity contribution < 1.29 is 5.11 Å². The molecule has 2 nitrogen and oxygen atoms in total. The number of likely N-dealkylation sites (tertiary alicyclic amines) is 1. The Labute approximate surface area is 91.5 Å². The van der Waals surface area contributed by atoms with Crippen LogP contribution in [0.25, 0.3) is 0 Å². The SMILES string of the molecule is C[C@H]1N(C)CCC[C@]1(O)c1ccccc1. The molecule has 1 saturated heterocycles. The molecule has 0 unspecified atom stereocenters. The average Bonchev–Trinajstić information content (AvgIpc) is 2.27. The van der Waals surface area contributed by atoms with Crippen LogP contribution in [-0.2, 0) is 5.60 Å². The fraction of sp³-hybridized carbons (Fsp3) is 0.538. The number of likely N-dealkylation sites (N-methyl/N-ethyl adjacent to an activating group) is 1. The average molecular weight is 205 g/mol. The molecular weight excluding hydrogens is 186 g/mol. The van der Waals surface area contributed by atoms with Crippen molar-refractivity contribution in [2.24, 2.45) is 0 Å². The summed E-state index contributed by atoms with van der Waals surface area (Å²) in [6.45, 7) is 3.18. The number of rotatable bonds is 1. The van der Waals surface area contributed by atoms with Crippen molar-refractivity contribution in [3.8, 4) is 0 Å². The summed E-state index contributed by atoms with van der Waals surface area (Å²) < 4.78 is 0. The molecule has 2 rings (SSSR count). The van der Waals surface area contributed by atoms with E-state index in [0.717, 1.165) is 24.9 Å². The first-order chi connectivity index (χ1) is 7.14. The summed E-state index contributed by atoms with van der Waals surface area (Å²) in [5.41, 5.74) is 0.373. The summed E-state index contributed by atoms with van der Waals surface area (Å²) in [7, 11) is 2.08. The van der Waals surface area contributed by atoms with E-state index in [4.69, 9.17) is 0 Å². The minimum absolute atomic E-state index is 0.189. The van der Waals surface area contributed by atoms with Gasteiger partial charge in [0.05, 0.1) is 0 Å². The van der Waals surface area contributed by atoms with Gasteiger partial charge in [0.2, 0.25) is 0 Å². The summed E-state index contributed by atoms with van der Waals surface area (Å²) in [4.78, 5) is 2.23. The van der Waals surface area contributed by atoms with Gasteiger partial charge >= 0.3 is 0 Å². The normalized spacial score (nSPS) is 32.9. The fourth-order valence-corrected chi connectivity index (χ4v) is 2.48. The van der Waals surface area contributed by atoms with Gasteiger partial charge in [-0.2, -0.15) is 0 Å². The molecule has 82 valence electrons. The molecule has 1 N–H and O–H groups in total. The van der Waals surface area contributed by atoms with Crippen LogP contribution >= 0.6 is 0 Å². The van der Waals surface area contributed by atoms with Crippen molar-refractivity contribution in [3.05, 3.63) is 35.9 Å². The minimum Gasteiger partial charge on any atom is -0.384 e. The molecule has 15 heavy (non-hydrogen) atoms. The van der Waals surface area contributed by atoms with Crippen LogP contribution < -0.4 is 0 Å². The van der Waals surface area contributed by atoms with Gasteiger partial charge in [0, 0.05) is 6.04 Å². The Morgan fingerprint density at radius 1 is 1.33 bits per heavy atom. The van der Waals surface area contributed by atoms with Crippen LogP contribution in [0.15, 0.2) is 30.3 Å². The highest BCUT2D eigenvalue weighted by Crippen LogP contribution is 2.35. The number of piperidine rings is 1. The van der Waals surface area contributed by atoms with Crippen LogP contribution in [0.5, 0.6) is 0 Å². The lowest BCUT2D eigenvalue weighted by Gasteiger charge is -2.44. The second kappa shape index (κ2) is 3.95. The minimum atomic E-state index is -0.672. The van der Waals surface area contributed by atoms with Gasteiger partial charge in [-0.3, -0.25) is 0 Å². The van der Waals surface area contributed by atoms with E-state index in [9.17, 15) is 5.11 Å². The molecular formula is C13H19NO. The highest BCUT2D eigenvalue weighted by Gasteiger charge is 2.40. The van der Waals surface area contributed by atoms with Gasteiger partial charge in [-0.25, -0.2) is 0 Å². The van der Waals surface area contributed by atoms with Gasteiger partial charge in [0.15, 0.2) is 0 Å². The van der Waals surface area contributed by atoms with Crippen LogP contribution in [0.4, 0.5) is 0 Å². The van der Waals surface area contributed by atoms with Crippen LogP contribution in [0.3, 0.4) is 0 Å². The first-order valence-corrected chi connectivity index (χ1v) is 5.63. The van der Waals surface area contributed by atoms with Gasteiger partial charge in [0.1, 0.15) is 5.60 Å². The molecule has 0 saturated carbocycles. The van der Waals surface area contributed by atoms with Crippen molar-refractivity contribution in [1.29, 1.82) is 0 Å². The first-order valence-electron chi connectivity index (χ1n) is 5.63. The van der Waals surface area contributed by atoms with E-state index < -0.39 is 5.60 Å². The van der Waals surface area contributed by atoms with E-state index in [2.05, 4.69) is 18.9 Å². The summed E-state index contributed by atoms with van der Waals surface area (Å²) in [5, 5.41) is 10.7. The molecule has 2 atom stereocenters. The number of hydrogen-bond donors (Lipinski definition) is 1. The highest BCUT2D eigenvalue weighted by atomic mass is 16.3. The van der Waals surface area contributed by atoms with E-state index in [1.807, 2.05) is 30.3 Å². The highest BCUT2D eigenvalue weighted by molar-refractivity contribution is 5.24. The van der Waals surface area contributed by atoms with Gasteiger partial charge in [0.25, 0.3) is 0 Å². The van der Waals surface area contributed by atoms with Crippen LogP contribution in [0, 0.1) is 0 Å². The van der Waals surface area contributed by atoms with E-state index >= 15 is 0 Å². The van der Waals surface area contributed by atoms with Crippen LogP contribution in [0.2, 0.25) is 0 Å². The molecule has 0 aromatic heterocycles. The molecule has 0 radical (unpaired) electrons. The molecule has 1 aromatic carbocycles. The third kappa shape index (κ3) is 1.80. The van der Waals surface area contributed by atoms with Crippen molar-refractivity contribution in [3.63, 3.8) is 0 Å². The molecule has 0 spiro atoms. The lowest BCUT2D eigenvalue weighted by molar-refractivity contribution is -0.0711. The quantitative estimate of drug-likeness (QED) is 0.758. The first kappa shape index (κ1) is 10.7. The van der Waals surface area contributed by atoms with Crippen molar-refractivity contribution in [2.75, 3.05) is 13.6 Å². The largest absolute Gasteiger partial charge is 0.384 e. The maximum atomic E-state index is 10.7. The third-order valence-corrected chi connectivity index (χ3v) is 3.69. The standard InChI is InChI=1S/C13H19NO/c1-11-13(15,9-6-10-14(11)2)12-7-4-3-5-8-12/h3-5,7-8,11,15H,6,9-10H2,1-2H3/t11-,13-/m1/s1. The van der Waals surface area contributed by atoms with Gasteiger partial charge < -0.3 is 10.0 Å². The van der Waals surface area contributed by atoms with Crippen molar-refractivity contribution in [1.82, 2.24) is 4.90 Å². The third-order valence-electron chi connectivity index (χ3n) is 3.69. The van der Waals surface area contributed by atoms with E-state index in [1.165, 1.54) is 0 Å². The van der Waals surface area contributed by atoms with Gasteiger partial charge in [-0.1, -0.05) is 30.3 Å². The number of benzene rings is 1. The molecule has 1 heterocycles. The maximum absolute atomic E-state index is 10.7. The zero-order valence-corrected chi connectivity index (χ0v) is 9.48. The molecule has 0 bridgehead atoms. The molecule has 0 amide bonds. The topological polar surface area (TPSA) is 23.5 Å². The molecule has 2 heteroatoms. The second-order valence-corrected chi connectivity index (χ2v) is 4.55. The van der Waals surface area contributed by atoms with Gasteiger partial charge in [-0.15, -0.1) is 0 Å². The summed E-state index contributed by atoms with van der Waals surface area (Å²) in [6, 6.07) is 10.2. The van der Waals surface area contributed by atoms with Crippen LogP contribution in [0.1, 0.15) is 25.3 Å². The second-order valence-electron chi connectivity index (χ2n) is 4.55. The Morgan fingerprint density at radius 2 is 2.00 bits per heavy atom. The fourth-order valence-electron chi connectivity index (χ4n) is 2.48. The molecule has 0 aliphatic carbocycles. The van der Waals surface area contributed by atoms with Crippen LogP contribution in [-0.4, -0.2) is 29.6 Å². The summed E-state index contributed by atoms with van der Waals surface area (Å²) in [5.74, 6) is 0. The zero-order valence-electron chi connectivity index (χ0n) is 9.48. The number of hydrogen-bond acceptors (Lipinski definition) is 2. The zero-order chi connectivity index (χ0) is 10.9. The summed E-state index contributed by atoms with van der Waals surface area (Å²) in [6.07, 6.45) is 1.93. The summed E-state index contributed by atoms with van der Waals surface area (Å²) >= 11 is 0. The predicted octanol–water partition coefficient (Wildman–Crippen LogP) is 1.99. The van der Waals surface area contributed by atoms with Crippen molar-refractivity contribution in [2.45, 2.75) is 31.4 Å². The Bertz CT molecular complexity index is 325. The number of nitrogens with zero attached hydrogens (tertiary/aromatic N) is 1. The predicted molar refractivity (Wildman–Crippen MR) is 61.7 cm³/mol.